The van der Waals surface area contributed by atoms with E-state index < -0.39 is 0 Å². The molecule has 1 aliphatic rings. The Morgan fingerprint density at radius 2 is 1.84 bits per heavy atom. The van der Waals surface area contributed by atoms with Gasteiger partial charge in [-0.25, -0.2) is 0 Å². The van der Waals surface area contributed by atoms with Crippen molar-refractivity contribution in [3.8, 4) is 11.5 Å². The van der Waals surface area contributed by atoms with Crippen molar-refractivity contribution in [3.05, 3.63) is 78.0 Å². The Hall–Kier alpha value is -3.81. The average molecular weight is 506 g/mol. The predicted molar refractivity (Wildman–Crippen MR) is 140 cm³/mol. The van der Waals surface area contributed by atoms with Gasteiger partial charge in [-0.15, -0.1) is 0 Å². The Kier molecular flexibility index (Phi) is 9.18. The lowest BCUT2D eigenvalue weighted by Crippen LogP contribution is -2.48. The number of aromatic nitrogens is 1. The predicted octanol–water partition coefficient (Wildman–Crippen LogP) is 4.74. The van der Waals surface area contributed by atoms with Crippen LogP contribution in [0.5, 0.6) is 11.5 Å². The number of hydrogen-bond acceptors (Lipinski definition) is 6. The van der Waals surface area contributed by atoms with Gasteiger partial charge in [-0.05, 0) is 61.2 Å². The Bertz CT molecular complexity index is 1140. The lowest BCUT2D eigenvalue weighted by molar-refractivity contribution is -0.133. The van der Waals surface area contributed by atoms with Gasteiger partial charge in [0.1, 0.15) is 12.3 Å². The third kappa shape index (κ3) is 6.90. The van der Waals surface area contributed by atoms with Crippen molar-refractivity contribution in [2.45, 2.75) is 51.1 Å². The van der Waals surface area contributed by atoms with Crippen LogP contribution in [0, 0.1) is 0 Å². The molecule has 1 aliphatic carbocycles. The number of rotatable bonds is 11. The molecule has 0 atom stereocenters. The molecule has 0 unspecified atom stereocenters. The highest BCUT2D eigenvalue weighted by molar-refractivity contribution is 5.96. The van der Waals surface area contributed by atoms with Crippen LogP contribution in [0.1, 0.15) is 53.8 Å². The lowest BCUT2D eigenvalue weighted by atomic mass is 9.93. The molecule has 1 aromatic carbocycles. The van der Waals surface area contributed by atoms with Crippen LogP contribution in [0.2, 0.25) is 0 Å². The minimum atomic E-state index is -0.147. The van der Waals surface area contributed by atoms with Crippen molar-refractivity contribution < 1.29 is 23.5 Å². The molecule has 4 rings (SSSR count). The molecule has 2 heterocycles. The molecular formula is C29H35N3O5. The highest BCUT2D eigenvalue weighted by Crippen LogP contribution is 2.28. The van der Waals surface area contributed by atoms with Crippen molar-refractivity contribution in [1.82, 2.24) is 14.8 Å². The maximum absolute atomic E-state index is 13.7. The van der Waals surface area contributed by atoms with E-state index in [0.29, 0.717) is 42.3 Å². The highest BCUT2D eigenvalue weighted by Gasteiger charge is 2.30. The molecule has 0 N–H and O–H groups in total. The number of benzene rings is 1. The van der Waals surface area contributed by atoms with E-state index in [1.165, 1.54) is 0 Å². The monoisotopic (exact) mass is 505 g/mol. The Balaban J connectivity index is 1.53. The van der Waals surface area contributed by atoms with E-state index in [1.807, 2.05) is 30.3 Å². The van der Waals surface area contributed by atoms with Gasteiger partial charge in [0.05, 0.1) is 32.6 Å². The van der Waals surface area contributed by atoms with E-state index in [4.69, 9.17) is 13.9 Å². The Morgan fingerprint density at radius 3 is 2.51 bits per heavy atom. The second kappa shape index (κ2) is 12.9. The first-order valence-electron chi connectivity index (χ1n) is 12.8. The maximum atomic E-state index is 13.7. The summed E-state index contributed by atoms with van der Waals surface area (Å²) in [5.41, 5.74) is 1.52. The van der Waals surface area contributed by atoms with Gasteiger partial charge in [0.25, 0.3) is 5.91 Å². The summed E-state index contributed by atoms with van der Waals surface area (Å²) in [6.45, 7) is 0.818. The van der Waals surface area contributed by atoms with Crippen LogP contribution in [0.15, 0.2) is 65.5 Å². The average Bonchev–Trinajstić information content (AvgIpc) is 3.47. The molecule has 1 saturated carbocycles. The molecular weight excluding hydrogens is 470 g/mol. The van der Waals surface area contributed by atoms with Gasteiger partial charge in [0.2, 0.25) is 5.91 Å². The molecule has 37 heavy (non-hydrogen) atoms. The van der Waals surface area contributed by atoms with Gasteiger partial charge >= 0.3 is 0 Å². The maximum Gasteiger partial charge on any atom is 0.256 e. The number of furan rings is 1. The van der Waals surface area contributed by atoms with Gasteiger partial charge in [0, 0.05) is 25.0 Å². The molecule has 0 radical (unpaired) electrons. The van der Waals surface area contributed by atoms with Crippen LogP contribution in [0.25, 0.3) is 0 Å². The van der Waals surface area contributed by atoms with E-state index in [0.717, 1.165) is 37.7 Å². The van der Waals surface area contributed by atoms with Crippen molar-refractivity contribution >= 4 is 11.8 Å². The number of ether oxygens (including phenoxy) is 2. The normalized spacial score (nSPS) is 13.7. The number of hydrogen-bond donors (Lipinski definition) is 0. The third-order valence-electron chi connectivity index (χ3n) is 6.89. The number of carbonyl (C=O) groups excluding carboxylic acids is 2. The SMILES string of the molecule is COc1ccc(CCN(Cc2ccco2)C(=O)CN(C(=O)c2cccnc2)C2CCCCC2)cc1OC. The summed E-state index contributed by atoms with van der Waals surface area (Å²) in [4.78, 5) is 34.9. The van der Waals surface area contributed by atoms with Crippen LogP contribution in [0.3, 0.4) is 0 Å². The van der Waals surface area contributed by atoms with Crippen LogP contribution in [-0.4, -0.2) is 59.9 Å². The minimum Gasteiger partial charge on any atom is -0.493 e. The summed E-state index contributed by atoms with van der Waals surface area (Å²) >= 11 is 0. The van der Waals surface area contributed by atoms with Crippen LogP contribution >= 0.6 is 0 Å². The Labute approximate surface area is 218 Å². The number of carbonyl (C=O) groups is 2. The number of pyridine rings is 1. The molecule has 2 aromatic heterocycles. The van der Waals surface area contributed by atoms with Gasteiger partial charge < -0.3 is 23.7 Å². The fourth-order valence-electron chi connectivity index (χ4n) is 4.84. The van der Waals surface area contributed by atoms with E-state index in [2.05, 4.69) is 4.98 Å². The standard InChI is InChI=1S/C29H35N3O5/c1-35-26-13-12-22(18-27(26)36-2)14-16-31(20-25-11-7-17-37-25)28(33)21-32(24-9-4-3-5-10-24)29(34)23-8-6-15-30-19-23/h6-8,11-13,15,17-19,24H,3-5,9-10,14,16,20-21H2,1-2H3. The first-order valence-corrected chi connectivity index (χ1v) is 12.8. The molecule has 1 fully saturated rings. The summed E-state index contributed by atoms with van der Waals surface area (Å²) < 4.78 is 16.3. The molecule has 2 amide bonds. The lowest BCUT2D eigenvalue weighted by Gasteiger charge is -2.35. The van der Waals surface area contributed by atoms with E-state index in [9.17, 15) is 9.59 Å². The minimum absolute atomic E-state index is 0.0189. The summed E-state index contributed by atoms with van der Waals surface area (Å²) in [5.74, 6) is 1.75. The van der Waals surface area contributed by atoms with Gasteiger partial charge in [-0.1, -0.05) is 25.3 Å². The smallest absolute Gasteiger partial charge is 0.256 e. The molecule has 3 aromatic rings. The van der Waals surface area contributed by atoms with Crippen LogP contribution < -0.4 is 9.47 Å². The van der Waals surface area contributed by atoms with Crippen LogP contribution in [0.4, 0.5) is 0 Å². The molecule has 0 spiro atoms. The summed E-state index contributed by atoms with van der Waals surface area (Å²) in [6, 6.07) is 13.0. The van der Waals surface area contributed by atoms with E-state index in [-0.39, 0.29) is 24.4 Å². The van der Waals surface area contributed by atoms with Crippen molar-refractivity contribution in [1.29, 1.82) is 0 Å². The summed E-state index contributed by atoms with van der Waals surface area (Å²) in [5, 5.41) is 0. The highest BCUT2D eigenvalue weighted by atomic mass is 16.5. The molecule has 0 bridgehead atoms. The summed E-state index contributed by atoms with van der Waals surface area (Å²) in [6.07, 6.45) is 10.5. The zero-order chi connectivity index (χ0) is 26.0. The molecule has 8 nitrogen and oxygen atoms in total. The van der Waals surface area contributed by atoms with E-state index in [1.54, 1.807) is 54.8 Å². The molecule has 0 saturated heterocycles. The quantitative estimate of drug-likeness (QED) is 0.374. The topological polar surface area (TPSA) is 85.1 Å². The van der Waals surface area contributed by atoms with Gasteiger partial charge in [-0.3, -0.25) is 14.6 Å². The second-order valence-electron chi connectivity index (χ2n) is 9.30. The summed E-state index contributed by atoms with van der Waals surface area (Å²) in [7, 11) is 3.21. The van der Waals surface area contributed by atoms with Crippen molar-refractivity contribution in [3.63, 3.8) is 0 Å². The molecule has 8 heteroatoms. The van der Waals surface area contributed by atoms with E-state index >= 15 is 0 Å². The zero-order valence-corrected chi connectivity index (χ0v) is 21.6. The molecule has 196 valence electrons. The fourth-order valence-corrected chi connectivity index (χ4v) is 4.84. The third-order valence-corrected chi connectivity index (χ3v) is 6.89. The Morgan fingerprint density at radius 1 is 1.03 bits per heavy atom. The first-order chi connectivity index (χ1) is 18.1. The zero-order valence-electron chi connectivity index (χ0n) is 21.6. The van der Waals surface area contributed by atoms with Crippen molar-refractivity contribution in [2.75, 3.05) is 27.3 Å². The van der Waals surface area contributed by atoms with Gasteiger partial charge in [0.15, 0.2) is 11.5 Å². The van der Waals surface area contributed by atoms with Gasteiger partial charge in [-0.2, -0.15) is 0 Å². The fraction of sp³-hybridized carbons (Fsp3) is 0.414. The largest absolute Gasteiger partial charge is 0.493 e. The number of methoxy groups -OCH3 is 2. The van der Waals surface area contributed by atoms with Crippen LogP contribution in [-0.2, 0) is 17.8 Å². The second-order valence-corrected chi connectivity index (χ2v) is 9.30. The molecule has 0 aliphatic heterocycles. The number of nitrogens with zero attached hydrogens (tertiary/aromatic N) is 3. The number of amides is 2. The first kappa shape index (κ1) is 26.3. The van der Waals surface area contributed by atoms with Crippen molar-refractivity contribution in [2.24, 2.45) is 0 Å².